The quantitative estimate of drug-likeness (QED) is 0.292. The van der Waals surface area contributed by atoms with Crippen LogP contribution in [0.3, 0.4) is 0 Å². The lowest BCUT2D eigenvalue weighted by Gasteiger charge is -2.30. The van der Waals surface area contributed by atoms with Crippen LogP contribution < -0.4 is 16.4 Å². The van der Waals surface area contributed by atoms with Gasteiger partial charge in [0.1, 0.15) is 11.6 Å². The second-order valence-electron chi connectivity index (χ2n) is 8.69. The monoisotopic (exact) mass is 484 g/mol. The second-order valence-corrected chi connectivity index (χ2v) is 8.69. The summed E-state index contributed by atoms with van der Waals surface area (Å²) in [6.45, 7) is 1.73. The Bertz CT molecular complexity index is 1420. The molecule has 1 amide bonds. The maximum Gasteiger partial charge on any atom is 0.274 e. The van der Waals surface area contributed by atoms with Gasteiger partial charge in [0, 0.05) is 35.3 Å². The van der Waals surface area contributed by atoms with Crippen molar-refractivity contribution in [1.82, 2.24) is 30.5 Å². The molecule has 35 heavy (non-hydrogen) atoms. The number of nitrogens with one attached hydrogen (secondary N) is 4. The number of carbonyl (C=O) groups excluding carboxylic acids is 1. The largest absolute Gasteiger partial charge is 0.395 e. The van der Waals surface area contributed by atoms with Gasteiger partial charge >= 0.3 is 0 Å². The summed E-state index contributed by atoms with van der Waals surface area (Å²) < 4.78 is 42.4. The van der Waals surface area contributed by atoms with Gasteiger partial charge in [-0.1, -0.05) is 0 Å². The molecule has 0 saturated heterocycles. The minimum atomic E-state index is -0.742. The molecule has 1 saturated carbocycles. The fraction of sp³-hybridized carbons (Fsp3) is 0.304. The van der Waals surface area contributed by atoms with Gasteiger partial charge in [0.15, 0.2) is 23.2 Å². The molecule has 1 aliphatic carbocycles. The molecule has 0 aliphatic heterocycles. The number of aromatic amines is 2. The number of rotatable bonds is 5. The van der Waals surface area contributed by atoms with Crippen molar-refractivity contribution >= 4 is 28.3 Å². The number of nitrogen functional groups attached to an aromatic ring is 1. The van der Waals surface area contributed by atoms with Crippen LogP contribution in [0.1, 0.15) is 41.9 Å². The van der Waals surface area contributed by atoms with Gasteiger partial charge in [0.05, 0.1) is 23.1 Å². The van der Waals surface area contributed by atoms with Crippen molar-refractivity contribution in [1.29, 1.82) is 0 Å². The lowest BCUT2D eigenvalue weighted by atomic mass is 9.91. The summed E-state index contributed by atoms with van der Waals surface area (Å²) in [4.78, 5) is 23.6. The van der Waals surface area contributed by atoms with Gasteiger partial charge in [0.2, 0.25) is 0 Å². The summed E-state index contributed by atoms with van der Waals surface area (Å²) in [5.74, 6) is -2.41. The molecule has 1 fully saturated rings. The lowest BCUT2D eigenvalue weighted by Crippen LogP contribution is -2.42. The van der Waals surface area contributed by atoms with E-state index in [2.05, 4.69) is 35.8 Å². The van der Waals surface area contributed by atoms with E-state index in [0.29, 0.717) is 23.4 Å². The zero-order valence-electron chi connectivity index (χ0n) is 18.8. The highest BCUT2D eigenvalue weighted by atomic mass is 19.1. The highest BCUT2D eigenvalue weighted by Gasteiger charge is 2.26. The number of hydrogen-bond donors (Lipinski definition) is 5. The Labute approximate surface area is 197 Å². The number of H-pyrrole nitrogens is 2. The molecular formula is C23H23F3N8O. The first kappa shape index (κ1) is 22.7. The van der Waals surface area contributed by atoms with E-state index in [-0.39, 0.29) is 46.2 Å². The molecule has 9 nitrogen and oxygen atoms in total. The number of fused-ring (bicyclic) bond motifs is 1. The molecule has 2 atom stereocenters. The van der Waals surface area contributed by atoms with Crippen LogP contribution in [-0.4, -0.2) is 43.1 Å². The van der Waals surface area contributed by atoms with Crippen LogP contribution in [0.4, 0.5) is 24.7 Å². The van der Waals surface area contributed by atoms with E-state index < -0.39 is 17.5 Å². The predicted octanol–water partition coefficient (Wildman–Crippen LogP) is 3.81. The highest BCUT2D eigenvalue weighted by Crippen LogP contribution is 2.30. The summed E-state index contributed by atoms with van der Waals surface area (Å²) in [5, 5.41) is 12.9. The molecule has 0 spiro atoms. The average molecular weight is 484 g/mol. The van der Waals surface area contributed by atoms with Crippen LogP contribution in [-0.2, 0) is 0 Å². The van der Waals surface area contributed by atoms with Crippen molar-refractivity contribution in [2.75, 3.05) is 11.1 Å². The number of aryl methyl sites for hydroxylation is 1. The maximum atomic E-state index is 14.6. The Hall–Kier alpha value is -4.09. The first-order valence-electron chi connectivity index (χ1n) is 11.2. The summed E-state index contributed by atoms with van der Waals surface area (Å²) in [7, 11) is 0. The van der Waals surface area contributed by atoms with Gasteiger partial charge in [0.25, 0.3) is 5.91 Å². The van der Waals surface area contributed by atoms with Crippen molar-refractivity contribution in [3.8, 4) is 11.4 Å². The molecule has 3 aromatic heterocycles. The minimum absolute atomic E-state index is 0.0228. The molecule has 0 radical (unpaired) electrons. The predicted molar refractivity (Wildman–Crippen MR) is 124 cm³/mol. The Balaban J connectivity index is 1.33. The molecular weight excluding hydrogens is 461 g/mol. The number of carbonyl (C=O) groups is 1. The molecule has 12 heteroatoms. The molecule has 1 aromatic carbocycles. The van der Waals surface area contributed by atoms with Crippen LogP contribution in [0.5, 0.6) is 0 Å². The zero-order valence-corrected chi connectivity index (χ0v) is 18.8. The van der Waals surface area contributed by atoms with Gasteiger partial charge < -0.3 is 21.4 Å². The molecule has 4 aromatic rings. The number of benzene rings is 1. The molecule has 1 aliphatic rings. The summed E-state index contributed by atoms with van der Waals surface area (Å²) >= 11 is 0. The van der Waals surface area contributed by atoms with Crippen LogP contribution in [0.15, 0.2) is 24.5 Å². The van der Waals surface area contributed by atoms with Gasteiger partial charge in [-0.3, -0.25) is 9.89 Å². The van der Waals surface area contributed by atoms with Crippen molar-refractivity contribution in [2.45, 2.75) is 44.7 Å². The molecule has 5 rings (SSSR count). The molecule has 0 unspecified atom stereocenters. The standard InChI is InChI=1S/C23H23F3N8O/c1-10-18(27)20(34-33-10)23(35)31-13-4-2-3-12(7-13)30-22-17(26)9-29-21(32-22)15-8-28-19-14(15)5-11(24)6-16(19)25/h5-6,8-9,12-13,28H,2-4,7,27H2,1H3,(H,31,35)(H,33,34)(H,29,30,32)/t12-,13+/m0/s1. The lowest BCUT2D eigenvalue weighted by molar-refractivity contribution is 0.0922. The number of nitrogens with two attached hydrogens (primary N) is 1. The van der Waals surface area contributed by atoms with Crippen molar-refractivity contribution in [2.24, 2.45) is 0 Å². The summed E-state index contributed by atoms with van der Waals surface area (Å²) in [6, 6.07) is 1.63. The van der Waals surface area contributed by atoms with E-state index in [4.69, 9.17) is 5.73 Å². The number of aromatic nitrogens is 5. The number of amides is 1. The molecule has 6 N–H and O–H groups in total. The summed E-state index contributed by atoms with van der Waals surface area (Å²) in [6.07, 6.45) is 5.33. The second kappa shape index (κ2) is 8.93. The summed E-state index contributed by atoms with van der Waals surface area (Å²) in [5.41, 5.74) is 7.43. The Morgan fingerprint density at radius 2 is 1.97 bits per heavy atom. The zero-order chi connectivity index (χ0) is 24.7. The topological polar surface area (TPSA) is 137 Å². The fourth-order valence-corrected chi connectivity index (χ4v) is 4.45. The minimum Gasteiger partial charge on any atom is -0.395 e. The van der Waals surface area contributed by atoms with Crippen LogP contribution in [0.25, 0.3) is 22.3 Å². The van der Waals surface area contributed by atoms with Crippen molar-refractivity contribution in [3.05, 3.63) is 53.4 Å². The van der Waals surface area contributed by atoms with Crippen LogP contribution in [0.2, 0.25) is 0 Å². The Morgan fingerprint density at radius 3 is 2.74 bits per heavy atom. The van der Waals surface area contributed by atoms with Gasteiger partial charge in [-0.25, -0.2) is 23.1 Å². The fourth-order valence-electron chi connectivity index (χ4n) is 4.45. The normalized spacial score (nSPS) is 18.1. The van der Waals surface area contributed by atoms with E-state index in [1.807, 2.05) is 0 Å². The highest BCUT2D eigenvalue weighted by molar-refractivity contribution is 5.97. The third-order valence-corrected chi connectivity index (χ3v) is 6.25. The third-order valence-electron chi connectivity index (χ3n) is 6.25. The van der Waals surface area contributed by atoms with E-state index >= 15 is 0 Å². The molecule has 3 heterocycles. The Kier molecular flexibility index (Phi) is 5.79. The van der Waals surface area contributed by atoms with Gasteiger partial charge in [-0.15, -0.1) is 0 Å². The van der Waals surface area contributed by atoms with E-state index in [1.165, 1.54) is 12.3 Å². The number of anilines is 2. The SMILES string of the molecule is Cc1[nH]nc(C(=O)N[C@@H]2CCC[C@H](Nc3nc(-c4c[nH]c5c(F)cc(F)cc45)ncc3F)C2)c1N. The van der Waals surface area contributed by atoms with Gasteiger partial charge in [-0.05, 0) is 38.7 Å². The van der Waals surface area contributed by atoms with E-state index in [9.17, 15) is 18.0 Å². The maximum absolute atomic E-state index is 14.6. The Morgan fingerprint density at radius 1 is 1.17 bits per heavy atom. The first-order chi connectivity index (χ1) is 16.8. The van der Waals surface area contributed by atoms with Crippen molar-refractivity contribution < 1.29 is 18.0 Å². The number of nitrogens with zero attached hydrogens (tertiary/aromatic N) is 3. The smallest absolute Gasteiger partial charge is 0.274 e. The molecule has 182 valence electrons. The van der Waals surface area contributed by atoms with E-state index in [1.54, 1.807) is 6.92 Å². The average Bonchev–Trinajstić information content (AvgIpc) is 3.39. The number of hydrogen-bond acceptors (Lipinski definition) is 6. The third kappa shape index (κ3) is 4.38. The number of halogens is 3. The van der Waals surface area contributed by atoms with Crippen LogP contribution in [0, 0.1) is 24.4 Å². The van der Waals surface area contributed by atoms with Crippen LogP contribution >= 0.6 is 0 Å². The van der Waals surface area contributed by atoms with E-state index in [0.717, 1.165) is 31.5 Å². The first-order valence-corrected chi connectivity index (χ1v) is 11.2. The molecule has 0 bridgehead atoms. The van der Waals surface area contributed by atoms with Crippen molar-refractivity contribution in [3.63, 3.8) is 0 Å². The van der Waals surface area contributed by atoms with Gasteiger partial charge in [-0.2, -0.15) is 5.10 Å².